The molecular formula is C18H17F2N3OS. The van der Waals surface area contributed by atoms with Crippen molar-refractivity contribution in [2.75, 3.05) is 11.1 Å². The Kier molecular flexibility index (Phi) is 4.20. The minimum atomic E-state index is -3.05. The fourth-order valence-corrected chi connectivity index (χ4v) is 3.66. The summed E-state index contributed by atoms with van der Waals surface area (Å²) < 4.78 is 27.2. The average molecular weight is 361 g/mol. The number of aromatic nitrogens is 1. The van der Waals surface area contributed by atoms with Crippen molar-refractivity contribution in [2.45, 2.75) is 26.7 Å². The number of alkyl halides is 2. The first kappa shape index (κ1) is 17.3. The topological polar surface area (TPSA) is 68.0 Å². The fourth-order valence-electron chi connectivity index (χ4n) is 2.60. The lowest BCUT2D eigenvalue weighted by Crippen LogP contribution is -2.12. The summed E-state index contributed by atoms with van der Waals surface area (Å²) in [5, 5.41) is 3.36. The number of halogens is 2. The molecule has 0 radical (unpaired) electrons. The number of thiophene rings is 1. The van der Waals surface area contributed by atoms with Crippen LogP contribution in [0.3, 0.4) is 0 Å². The molecule has 1 aromatic carbocycles. The van der Waals surface area contributed by atoms with Crippen LogP contribution in [0.25, 0.3) is 10.2 Å². The molecule has 0 aliphatic rings. The number of fused-ring (bicyclic) bond motifs is 1. The number of pyridine rings is 1. The zero-order chi connectivity index (χ0) is 18.4. The van der Waals surface area contributed by atoms with E-state index in [0.29, 0.717) is 21.5 Å². The number of nitrogens with zero attached hydrogens (tertiary/aromatic N) is 1. The lowest BCUT2D eigenvalue weighted by molar-refractivity contribution is 0.0131. The summed E-state index contributed by atoms with van der Waals surface area (Å²) in [6.07, 6.45) is 0. The average Bonchev–Trinajstić information content (AvgIpc) is 2.86. The third kappa shape index (κ3) is 3.19. The smallest absolute Gasteiger partial charge is 0.287 e. The maximum atomic E-state index is 13.6. The molecule has 3 N–H and O–H groups in total. The van der Waals surface area contributed by atoms with Gasteiger partial charge in [0, 0.05) is 18.0 Å². The number of hydrogen-bond acceptors (Lipinski definition) is 4. The largest absolute Gasteiger partial charge is 0.397 e. The molecule has 0 spiro atoms. The van der Waals surface area contributed by atoms with Crippen molar-refractivity contribution < 1.29 is 13.6 Å². The van der Waals surface area contributed by atoms with Gasteiger partial charge in [0.25, 0.3) is 11.8 Å². The molecule has 3 aromatic rings. The van der Waals surface area contributed by atoms with E-state index in [1.54, 1.807) is 13.0 Å². The number of anilines is 2. The summed E-state index contributed by atoms with van der Waals surface area (Å²) >= 11 is 1.02. The van der Waals surface area contributed by atoms with E-state index in [-0.39, 0.29) is 22.2 Å². The van der Waals surface area contributed by atoms with Crippen LogP contribution in [0.15, 0.2) is 30.3 Å². The Hall–Kier alpha value is -2.54. The van der Waals surface area contributed by atoms with Crippen molar-refractivity contribution in [1.82, 2.24) is 4.98 Å². The van der Waals surface area contributed by atoms with Gasteiger partial charge < -0.3 is 11.1 Å². The highest BCUT2D eigenvalue weighted by atomic mass is 32.1. The molecule has 25 heavy (non-hydrogen) atoms. The van der Waals surface area contributed by atoms with Gasteiger partial charge >= 0.3 is 0 Å². The Labute approximate surface area is 147 Å². The van der Waals surface area contributed by atoms with Crippen molar-refractivity contribution in [3.63, 3.8) is 0 Å². The Morgan fingerprint density at radius 1 is 1.24 bits per heavy atom. The first-order valence-electron chi connectivity index (χ1n) is 7.63. The second kappa shape index (κ2) is 6.07. The molecule has 0 saturated heterocycles. The van der Waals surface area contributed by atoms with Gasteiger partial charge in [-0.3, -0.25) is 4.79 Å². The van der Waals surface area contributed by atoms with E-state index in [1.165, 1.54) is 6.07 Å². The molecule has 0 aliphatic carbocycles. The van der Waals surface area contributed by atoms with Gasteiger partial charge in [0.15, 0.2) is 0 Å². The SMILES string of the molecule is Cc1ccccc1NC(=O)c1sc2nc(C(C)(F)F)cc(C)c2c1N. The molecule has 0 fully saturated rings. The van der Waals surface area contributed by atoms with E-state index >= 15 is 0 Å². The zero-order valence-electron chi connectivity index (χ0n) is 14.0. The van der Waals surface area contributed by atoms with E-state index in [9.17, 15) is 13.6 Å². The third-order valence-corrected chi connectivity index (χ3v) is 5.04. The molecule has 1 amide bonds. The summed E-state index contributed by atoms with van der Waals surface area (Å²) in [6.45, 7) is 4.36. The van der Waals surface area contributed by atoms with Crippen LogP contribution in [-0.2, 0) is 5.92 Å². The summed E-state index contributed by atoms with van der Waals surface area (Å²) in [5.74, 6) is -3.43. The number of aryl methyl sites for hydroxylation is 2. The minimum absolute atomic E-state index is 0.266. The summed E-state index contributed by atoms with van der Waals surface area (Å²) in [5.41, 5.74) is 8.21. The van der Waals surface area contributed by atoms with Crippen LogP contribution in [0, 0.1) is 13.8 Å². The molecule has 2 aromatic heterocycles. The lowest BCUT2D eigenvalue weighted by atomic mass is 10.1. The number of benzene rings is 1. The van der Waals surface area contributed by atoms with Crippen molar-refractivity contribution in [2.24, 2.45) is 0 Å². The highest BCUT2D eigenvalue weighted by Gasteiger charge is 2.29. The number of nitrogens with two attached hydrogens (primary N) is 1. The quantitative estimate of drug-likeness (QED) is 0.700. The number of nitrogens with one attached hydrogen (secondary N) is 1. The number of rotatable bonds is 3. The normalized spacial score (nSPS) is 11.7. The fraction of sp³-hybridized carbons (Fsp3) is 0.222. The predicted octanol–water partition coefficient (Wildman–Crippen LogP) is 4.86. The standard InChI is InChI=1S/C18H17F2N3OS/c1-9-6-4-5-7-11(9)22-16(24)15-14(21)13-10(2)8-12(18(3,19)20)23-17(13)25-15/h4-8H,21H2,1-3H3,(H,22,24). The molecule has 0 atom stereocenters. The van der Waals surface area contributed by atoms with Crippen molar-refractivity contribution in [3.05, 3.63) is 52.0 Å². The van der Waals surface area contributed by atoms with E-state index in [0.717, 1.165) is 23.8 Å². The van der Waals surface area contributed by atoms with Crippen molar-refractivity contribution in [3.8, 4) is 0 Å². The molecule has 0 aliphatic heterocycles. The molecule has 7 heteroatoms. The third-order valence-electron chi connectivity index (χ3n) is 3.95. The van der Waals surface area contributed by atoms with Crippen molar-refractivity contribution >= 4 is 38.8 Å². The maximum absolute atomic E-state index is 13.6. The predicted molar refractivity (Wildman–Crippen MR) is 97.5 cm³/mol. The maximum Gasteiger partial charge on any atom is 0.287 e. The second-order valence-corrected chi connectivity index (χ2v) is 7.01. The highest BCUT2D eigenvalue weighted by molar-refractivity contribution is 7.21. The van der Waals surface area contributed by atoms with Gasteiger partial charge in [0.05, 0.1) is 5.69 Å². The van der Waals surface area contributed by atoms with Crippen LogP contribution in [0.2, 0.25) is 0 Å². The monoisotopic (exact) mass is 361 g/mol. The molecule has 3 rings (SSSR count). The van der Waals surface area contributed by atoms with E-state index in [2.05, 4.69) is 10.3 Å². The van der Waals surface area contributed by atoms with Crippen LogP contribution in [0.5, 0.6) is 0 Å². The molecule has 4 nitrogen and oxygen atoms in total. The Morgan fingerprint density at radius 2 is 1.92 bits per heavy atom. The molecule has 0 saturated carbocycles. The summed E-state index contributed by atoms with van der Waals surface area (Å²) in [4.78, 5) is 17.2. The van der Waals surface area contributed by atoms with E-state index in [1.807, 2.05) is 25.1 Å². The zero-order valence-corrected chi connectivity index (χ0v) is 14.8. The first-order chi connectivity index (χ1) is 11.7. The number of nitrogen functional groups attached to an aromatic ring is 1. The van der Waals surface area contributed by atoms with Crippen LogP contribution in [0.1, 0.15) is 33.4 Å². The molecule has 130 valence electrons. The van der Waals surface area contributed by atoms with Crippen LogP contribution >= 0.6 is 11.3 Å². The van der Waals surface area contributed by atoms with Gasteiger partial charge in [0.2, 0.25) is 0 Å². The highest BCUT2D eigenvalue weighted by Crippen LogP contribution is 2.38. The Morgan fingerprint density at radius 3 is 2.56 bits per heavy atom. The van der Waals surface area contributed by atoms with Gasteiger partial charge in [0.1, 0.15) is 15.4 Å². The van der Waals surface area contributed by atoms with E-state index in [4.69, 9.17) is 5.73 Å². The van der Waals surface area contributed by atoms with Crippen LogP contribution < -0.4 is 11.1 Å². The number of hydrogen-bond donors (Lipinski definition) is 2. The van der Waals surface area contributed by atoms with Gasteiger partial charge in [-0.15, -0.1) is 11.3 Å². The van der Waals surface area contributed by atoms with Gasteiger partial charge in [-0.05, 0) is 37.1 Å². The molecular weight excluding hydrogens is 344 g/mol. The number of carbonyl (C=O) groups excluding carboxylic acids is 1. The molecule has 0 unspecified atom stereocenters. The van der Waals surface area contributed by atoms with Crippen LogP contribution in [-0.4, -0.2) is 10.9 Å². The first-order valence-corrected chi connectivity index (χ1v) is 8.45. The summed E-state index contributed by atoms with van der Waals surface area (Å²) in [6, 6.07) is 8.67. The molecule has 0 bridgehead atoms. The minimum Gasteiger partial charge on any atom is -0.397 e. The second-order valence-electron chi connectivity index (χ2n) is 6.01. The van der Waals surface area contributed by atoms with E-state index < -0.39 is 5.92 Å². The van der Waals surface area contributed by atoms with Crippen LogP contribution in [0.4, 0.5) is 20.2 Å². The lowest BCUT2D eigenvalue weighted by Gasteiger charge is -2.10. The van der Waals surface area contributed by atoms with Crippen molar-refractivity contribution in [1.29, 1.82) is 0 Å². The van der Waals surface area contributed by atoms with Gasteiger partial charge in [-0.2, -0.15) is 8.78 Å². The van der Waals surface area contributed by atoms with Gasteiger partial charge in [-0.25, -0.2) is 4.98 Å². The number of carbonyl (C=O) groups is 1. The number of para-hydroxylation sites is 1. The number of amides is 1. The Balaban J connectivity index is 2.05. The molecule has 2 heterocycles. The summed E-state index contributed by atoms with van der Waals surface area (Å²) in [7, 11) is 0. The Bertz CT molecular complexity index is 976. The van der Waals surface area contributed by atoms with Gasteiger partial charge in [-0.1, -0.05) is 18.2 Å².